The highest BCUT2D eigenvalue weighted by molar-refractivity contribution is 7.89. The van der Waals surface area contributed by atoms with Crippen LogP contribution in [-0.2, 0) is 15.6 Å². The summed E-state index contributed by atoms with van der Waals surface area (Å²) >= 11 is 0. The summed E-state index contributed by atoms with van der Waals surface area (Å²) in [5, 5.41) is 0. The van der Waals surface area contributed by atoms with E-state index in [-0.39, 0.29) is 11.7 Å². The molecule has 0 N–H and O–H groups in total. The van der Waals surface area contributed by atoms with Gasteiger partial charge in [-0.05, 0) is 29.5 Å². The van der Waals surface area contributed by atoms with Crippen molar-refractivity contribution in [1.82, 2.24) is 4.90 Å². The number of amides is 1. The topological polar surface area (TPSA) is 54.5 Å². The summed E-state index contributed by atoms with van der Waals surface area (Å²) in [4.78, 5) is 14.6. The van der Waals surface area contributed by atoms with E-state index in [1.165, 1.54) is 6.26 Å². The molecule has 0 aromatic heterocycles. The monoisotopic (exact) mass is 325 g/mol. The molecular weight excluding hydrogens is 298 g/mol. The quantitative estimate of drug-likeness (QED) is 0.774. The van der Waals surface area contributed by atoms with Crippen LogP contribution in [0.2, 0.25) is 0 Å². The number of carbonyl (C=O) groups excluding carboxylic acids is 1. The van der Waals surface area contributed by atoms with Crippen molar-refractivity contribution < 1.29 is 13.2 Å². The third-order valence-corrected chi connectivity index (χ3v) is 3.92. The van der Waals surface area contributed by atoms with Gasteiger partial charge in [0.2, 0.25) is 0 Å². The van der Waals surface area contributed by atoms with Gasteiger partial charge in [0.15, 0.2) is 9.84 Å². The maximum atomic E-state index is 12.7. The second-order valence-electron chi connectivity index (χ2n) is 6.77. The van der Waals surface area contributed by atoms with E-state index >= 15 is 0 Å². The van der Waals surface area contributed by atoms with Crippen molar-refractivity contribution in [3.8, 4) is 0 Å². The highest BCUT2D eigenvalue weighted by Gasteiger charge is 2.18. The lowest BCUT2D eigenvalue weighted by atomic mass is 10.1. The number of sulfone groups is 1. The van der Waals surface area contributed by atoms with Crippen LogP contribution in [0.1, 0.15) is 43.6 Å². The summed E-state index contributed by atoms with van der Waals surface area (Å²) in [5.74, 6) is 0.712. The Morgan fingerprint density at radius 1 is 1.09 bits per heavy atom. The fourth-order valence-electron chi connectivity index (χ4n) is 2.40. The van der Waals surface area contributed by atoms with E-state index in [1.54, 1.807) is 24.3 Å². The van der Waals surface area contributed by atoms with Crippen molar-refractivity contribution in [2.75, 3.05) is 19.3 Å². The smallest absolute Gasteiger partial charge is 0.253 e. The van der Waals surface area contributed by atoms with E-state index in [0.29, 0.717) is 36.1 Å². The zero-order valence-electron chi connectivity index (χ0n) is 14.2. The number of benzene rings is 1. The first-order valence-corrected chi connectivity index (χ1v) is 9.70. The summed E-state index contributed by atoms with van der Waals surface area (Å²) in [6.45, 7) is 9.74. The summed E-state index contributed by atoms with van der Waals surface area (Å²) in [6, 6.07) is 6.93. The summed E-state index contributed by atoms with van der Waals surface area (Å²) in [5.41, 5.74) is 1.21. The minimum atomic E-state index is -3.10. The molecule has 5 heteroatoms. The molecule has 0 aliphatic heterocycles. The van der Waals surface area contributed by atoms with Gasteiger partial charge in [-0.1, -0.05) is 39.8 Å². The molecule has 0 spiro atoms. The summed E-state index contributed by atoms with van der Waals surface area (Å²) in [6.07, 6.45) is 1.20. The van der Waals surface area contributed by atoms with Gasteiger partial charge in [0.05, 0.1) is 5.75 Å². The molecule has 1 aromatic rings. The average Bonchev–Trinajstić information content (AvgIpc) is 2.34. The van der Waals surface area contributed by atoms with Gasteiger partial charge in [-0.2, -0.15) is 0 Å². The van der Waals surface area contributed by atoms with Gasteiger partial charge in [0.25, 0.3) is 5.91 Å². The van der Waals surface area contributed by atoms with Crippen LogP contribution in [0.5, 0.6) is 0 Å². The largest absolute Gasteiger partial charge is 0.338 e. The maximum absolute atomic E-state index is 12.7. The Bertz CT molecular complexity index is 596. The number of carbonyl (C=O) groups is 1. The highest BCUT2D eigenvalue weighted by Crippen LogP contribution is 2.14. The van der Waals surface area contributed by atoms with Gasteiger partial charge in [-0.25, -0.2) is 8.42 Å². The van der Waals surface area contributed by atoms with Crippen molar-refractivity contribution in [2.24, 2.45) is 11.8 Å². The number of rotatable bonds is 7. The number of nitrogens with zero attached hydrogens (tertiary/aromatic N) is 1. The van der Waals surface area contributed by atoms with Crippen molar-refractivity contribution in [1.29, 1.82) is 0 Å². The molecule has 4 nitrogen and oxygen atoms in total. The van der Waals surface area contributed by atoms with Crippen molar-refractivity contribution >= 4 is 15.7 Å². The lowest BCUT2D eigenvalue weighted by molar-refractivity contribution is 0.0715. The average molecular weight is 325 g/mol. The molecule has 0 aliphatic rings. The van der Waals surface area contributed by atoms with E-state index in [0.717, 1.165) is 0 Å². The molecule has 0 saturated carbocycles. The Balaban J connectivity index is 3.00. The van der Waals surface area contributed by atoms with Gasteiger partial charge in [-0.3, -0.25) is 4.79 Å². The Morgan fingerprint density at radius 2 is 1.64 bits per heavy atom. The normalized spacial score (nSPS) is 12.0. The first-order valence-electron chi connectivity index (χ1n) is 7.64. The van der Waals surface area contributed by atoms with Crippen LogP contribution >= 0.6 is 0 Å². The van der Waals surface area contributed by atoms with Crippen molar-refractivity contribution in [3.05, 3.63) is 35.4 Å². The standard InChI is InChI=1S/C17H27NO3S/c1-13(2)10-18(11-14(3)4)17(19)16-8-6-7-15(9-16)12-22(5,20)21/h6-9,13-14H,10-12H2,1-5H3. The second kappa shape index (κ2) is 7.77. The third-order valence-electron chi connectivity index (χ3n) is 3.06. The molecule has 1 amide bonds. The fraction of sp³-hybridized carbons (Fsp3) is 0.588. The lowest BCUT2D eigenvalue weighted by Gasteiger charge is -2.26. The van der Waals surface area contributed by atoms with E-state index in [9.17, 15) is 13.2 Å². The van der Waals surface area contributed by atoms with Crippen LogP contribution in [-0.4, -0.2) is 38.6 Å². The Morgan fingerprint density at radius 3 is 2.09 bits per heavy atom. The third kappa shape index (κ3) is 6.60. The van der Waals surface area contributed by atoms with Crippen molar-refractivity contribution in [3.63, 3.8) is 0 Å². The van der Waals surface area contributed by atoms with Gasteiger partial charge < -0.3 is 4.90 Å². The van der Waals surface area contributed by atoms with Crippen LogP contribution in [0.3, 0.4) is 0 Å². The number of hydrogen-bond donors (Lipinski definition) is 0. The molecule has 0 unspecified atom stereocenters. The zero-order valence-corrected chi connectivity index (χ0v) is 15.0. The van der Waals surface area contributed by atoms with Crippen molar-refractivity contribution in [2.45, 2.75) is 33.4 Å². The van der Waals surface area contributed by atoms with Crippen LogP contribution in [0.15, 0.2) is 24.3 Å². The first-order chi connectivity index (χ1) is 10.1. The van der Waals surface area contributed by atoms with Gasteiger partial charge in [-0.15, -0.1) is 0 Å². The van der Waals surface area contributed by atoms with E-state index < -0.39 is 9.84 Å². The van der Waals surface area contributed by atoms with Gasteiger partial charge in [0, 0.05) is 24.9 Å². The SMILES string of the molecule is CC(C)CN(CC(C)C)C(=O)c1cccc(CS(C)(=O)=O)c1. The highest BCUT2D eigenvalue weighted by atomic mass is 32.2. The molecule has 22 heavy (non-hydrogen) atoms. The lowest BCUT2D eigenvalue weighted by Crippen LogP contribution is -2.37. The predicted molar refractivity (Wildman–Crippen MR) is 90.6 cm³/mol. The molecule has 0 aliphatic carbocycles. The molecule has 0 atom stereocenters. The summed E-state index contributed by atoms with van der Waals surface area (Å²) < 4.78 is 22.8. The van der Waals surface area contributed by atoms with Gasteiger partial charge >= 0.3 is 0 Å². The zero-order chi connectivity index (χ0) is 16.9. The molecule has 0 heterocycles. The molecule has 0 saturated heterocycles. The van der Waals surface area contributed by atoms with Crippen LogP contribution in [0, 0.1) is 11.8 Å². The van der Waals surface area contributed by atoms with E-state index in [4.69, 9.17) is 0 Å². The van der Waals surface area contributed by atoms with E-state index in [1.807, 2.05) is 4.90 Å². The fourth-order valence-corrected chi connectivity index (χ4v) is 3.19. The second-order valence-corrected chi connectivity index (χ2v) is 8.91. The van der Waals surface area contributed by atoms with Crippen LogP contribution in [0.25, 0.3) is 0 Å². The first kappa shape index (κ1) is 18.7. The molecular formula is C17H27NO3S. The van der Waals surface area contributed by atoms with Crippen LogP contribution < -0.4 is 0 Å². The molecule has 0 bridgehead atoms. The van der Waals surface area contributed by atoms with Crippen LogP contribution in [0.4, 0.5) is 0 Å². The molecule has 1 aromatic carbocycles. The number of hydrogen-bond acceptors (Lipinski definition) is 3. The maximum Gasteiger partial charge on any atom is 0.253 e. The molecule has 124 valence electrons. The Labute approximate surface area is 134 Å². The van der Waals surface area contributed by atoms with E-state index in [2.05, 4.69) is 27.7 Å². The van der Waals surface area contributed by atoms with Gasteiger partial charge in [0.1, 0.15) is 0 Å². The Kier molecular flexibility index (Phi) is 6.60. The molecule has 0 radical (unpaired) electrons. The predicted octanol–water partition coefficient (Wildman–Crippen LogP) is 2.99. The Hall–Kier alpha value is -1.36. The molecule has 1 rings (SSSR count). The molecule has 0 fully saturated rings. The minimum absolute atomic E-state index is 0.0299. The minimum Gasteiger partial charge on any atom is -0.338 e. The summed E-state index contributed by atoms with van der Waals surface area (Å²) in [7, 11) is -3.10.